The van der Waals surface area contributed by atoms with Crippen molar-refractivity contribution in [2.75, 3.05) is 0 Å². The number of nitrogens with two attached hydrogens (primary N) is 1. The number of imidazole rings is 1. The summed E-state index contributed by atoms with van der Waals surface area (Å²) >= 11 is 0. The first kappa shape index (κ1) is 12.7. The molecule has 16 heavy (non-hydrogen) atoms. The number of rotatable bonds is 1. The highest BCUT2D eigenvalue weighted by Crippen LogP contribution is 2.14. The average molecular weight is 225 g/mol. The molecule has 1 rings (SSSR count). The van der Waals surface area contributed by atoms with Crippen molar-refractivity contribution in [2.24, 2.45) is 5.73 Å². The van der Waals surface area contributed by atoms with E-state index in [4.69, 9.17) is 10.5 Å². The van der Waals surface area contributed by atoms with Gasteiger partial charge in [-0.1, -0.05) is 0 Å². The van der Waals surface area contributed by atoms with Gasteiger partial charge in [-0.3, -0.25) is 0 Å². The first-order valence-corrected chi connectivity index (χ1v) is 5.24. The van der Waals surface area contributed by atoms with Gasteiger partial charge in [-0.25, -0.2) is 14.3 Å². The molecule has 90 valence electrons. The zero-order valence-corrected chi connectivity index (χ0v) is 10.5. The smallest absolute Gasteiger partial charge is 0.420 e. The first-order chi connectivity index (χ1) is 7.26. The Bertz CT molecular complexity index is 402. The maximum Gasteiger partial charge on any atom is 0.420 e. The van der Waals surface area contributed by atoms with Crippen LogP contribution in [0.5, 0.6) is 0 Å². The normalized spacial score (nSPS) is 11.6. The van der Waals surface area contributed by atoms with Crippen molar-refractivity contribution < 1.29 is 9.53 Å². The Morgan fingerprint density at radius 2 is 2.00 bits per heavy atom. The van der Waals surface area contributed by atoms with Gasteiger partial charge in [-0.05, 0) is 34.6 Å². The molecule has 0 amide bonds. The van der Waals surface area contributed by atoms with Crippen LogP contribution in [0.4, 0.5) is 4.79 Å². The Morgan fingerprint density at radius 3 is 2.44 bits per heavy atom. The predicted molar refractivity (Wildman–Crippen MR) is 61.2 cm³/mol. The van der Waals surface area contributed by atoms with Crippen LogP contribution < -0.4 is 5.73 Å². The summed E-state index contributed by atoms with van der Waals surface area (Å²) in [5.41, 5.74) is 6.55. The molecule has 0 aliphatic rings. The molecule has 0 aliphatic carbocycles. The van der Waals surface area contributed by atoms with Gasteiger partial charge in [0.25, 0.3) is 0 Å². The maximum absolute atomic E-state index is 11.9. The molecule has 0 fully saturated rings. The van der Waals surface area contributed by atoms with Crippen LogP contribution in [0.3, 0.4) is 0 Å². The van der Waals surface area contributed by atoms with E-state index in [1.165, 1.54) is 4.57 Å². The Balaban J connectivity index is 3.08. The summed E-state index contributed by atoms with van der Waals surface area (Å²) in [6, 6.07) is 0. The van der Waals surface area contributed by atoms with Crippen molar-refractivity contribution >= 4 is 6.09 Å². The zero-order chi connectivity index (χ0) is 12.5. The summed E-state index contributed by atoms with van der Waals surface area (Å²) in [4.78, 5) is 16.1. The molecule has 5 heteroatoms. The third-order valence-corrected chi connectivity index (χ3v) is 2.11. The van der Waals surface area contributed by atoms with E-state index in [9.17, 15) is 4.79 Å². The van der Waals surface area contributed by atoms with Gasteiger partial charge in [0.05, 0.1) is 11.4 Å². The number of carbonyl (C=O) groups excluding carboxylic acids is 1. The van der Waals surface area contributed by atoms with Crippen molar-refractivity contribution in [3.05, 3.63) is 17.2 Å². The Morgan fingerprint density at radius 1 is 1.44 bits per heavy atom. The van der Waals surface area contributed by atoms with Crippen molar-refractivity contribution in [2.45, 2.75) is 46.8 Å². The minimum absolute atomic E-state index is 0.270. The van der Waals surface area contributed by atoms with Crippen LogP contribution in [0.25, 0.3) is 0 Å². The lowest BCUT2D eigenvalue weighted by Crippen LogP contribution is -2.29. The van der Waals surface area contributed by atoms with Gasteiger partial charge in [-0.2, -0.15) is 0 Å². The molecule has 0 unspecified atom stereocenters. The van der Waals surface area contributed by atoms with Crippen LogP contribution in [0.2, 0.25) is 0 Å². The van der Waals surface area contributed by atoms with Crippen molar-refractivity contribution in [1.29, 1.82) is 0 Å². The Labute approximate surface area is 95.6 Å². The van der Waals surface area contributed by atoms with Crippen LogP contribution in [-0.2, 0) is 11.3 Å². The third-order valence-electron chi connectivity index (χ3n) is 2.11. The summed E-state index contributed by atoms with van der Waals surface area (Å²) in [6.45, 7) is 9.34. The lowest BCUT2D eigenvalue weighted by Gasteiger charge is -2.20. The lowest BCUT2D eigenvalue weighted by atomic mass is 10.2. The number of hydrogen-bond donors (Lipinski definition) is 1. The van der Waals surface area contributed by atoms with E-state index in [2.05, 4.69) is 4.98 Å². The molecule has 1 aromatic heterocycles. The van der Waals surface area contributed by atoms with E-state index < -0.39 is 11.7 Å². The minimum Gasteiger partial charge on any atom is -0.443 e. The molecule has 0 atom stereocenters. The van der Waals surface area contributed by atoms with Gasteiger partial charge >= 0.3 is 6.09 Å². The summed E-state index contributed by atoms with van der Waals surface area (Å²) in [5, 5.41) is 0. The second-order valence-corrected chi connectivity index (χ2v) is 4.71. The van der Waals surface area contributed by atoms with E-state index in [1.54, 1.807) is 6.92 Å². The van der Waals surface area contributed by atoms with Crippen LogP contribution in [0.15, 0.2) is 0 Å². The minimum atomic E-state index is -0.520. The molecule has 0 aliphatic heterocycles. The molecular formula is C11H19N3O2. The molecule has 0 bridgehead atoms. The fraction of sp³-hybridized carbons (Fsp3) is 0.636. The highest BCUT2D eigenvalue weighted by Gasteiger charge is 2.22. The molecule has 1 aromatic rings. The third kappa shape index (κ3) is 2.61. The second-order valence-electron chi connectivity index (χ2n) is 4.71. The van der Waals surface area contributed by atoms with Crippen molar-refractivity contribution in [3.63, 3.8) is 0 Å². The fourth-order valence-electron chi connectivity index (χ4n) is 1.50. The maximum atomic E-state index is 11.9. The molecule has 0 radical (unpaired) electrons. The van der Waals surface area contributed by atoms with Crippen molar-refractivity contribution in [1.82, 2.24) is 9.55 Å². The lowest BCUT2D eigenvalue weighted by molar-refractivity contribution is 0.0529. The molecule has 5 nitrogen and oxygen atoms in total. The number of aryl methyl sites for hydroxylation is 2. The van der Waals surface area contributed by atoms with Crippen LogP contribution >= 0.6 is 0 Å². The molecular weight excluding hydrogens is 206 g/mol. The van der Waals surface area contributed by atoms with Gasteiger partial charge in [0.2, 0.25) is 0 Å². The summed E-state index contributed by atoms with van der Waals surface area (Å²) in [5.74, 6) is 0.604. The van der Waals surface area contributed by atoms with Crippen molar-refractivity contribution in [3.8, 4) is 0 Å². The van der Waals surface area contributed by atoms with E-state index >= 15 is 0 Å². The second kappa shape index (κ2) is 4.25. The van der Waals surface area contributed by atoms with Crippen LogP contribution in [0, 0.1) is 13.8 Å². The topological polar surface area (TPSA) is 70.1 Å². The monoisotopic (exact) mass is 225 g/mol. The van der Waals surface area contributed by atoms with Gasteiger partial charge in [-0.15, -0.1) is 0 Å². The average Bonchev–Trinajstić information content (AvgIpc) is 2.37. The fourth-order valence-corrected chi connectivity index (χ4v) is 1.50. The number of hydrogen-bond acceptors (Lipinski definition) is 4. The quantitative estimate of drug-likeness (QED) is 0.790. The van der Waals surface area contributed by atoms with Gasteiger partial charge in [0.15, 0.2) is 0 Å². The van der Waals surface area contributed by atoms with E-state index in [0.717, 1.165) is 5.69 Å². The van der Waals surface area contributed by atoms with E-state index in [-0.39, 0.29) is 6.54 Å². The molecule has 0 saturated carbocycles. The van der Waals surface area contributed by atoms with Gasteiger partial charge in [0, 0.05) is 6.54 Å². The van der Waals surface area contributed by atoms with Gasteiger partial charge < -0.3 is 10.5 Å². The molecule has 2 N–H and O–H groups in total. The first-order valence-electron chi connectivity index (χ1n) is 5.24. The molecule has 0 spiro atoms. The molecule has 0 saturated heterocycles. The molecule has 1 heterocycles. The van der Waals surface area contributed by atoms with E-state index in [0.29, 0.717) is 11.5 Å². The summed E-state index contributed by atoms with van der Waals surface area (Å²) < 4.78 is 6.72. The van der Waals surface area contributed by atoms with Crippen LogP contribution in [-0.4, -0.2) is 21.2 Å². The summed E-state index contributed by atoms with van der Waals surface area (Å²) in [7, 11) is 0. The highest BCUT2D eigenvalue weighted by molar-refractivity contribution is 5.73. The number of aromatic nitrogens is 2. The standard InChI is InChI=1S/C11H19N3O2/c1-7-9(6-12)14(8(2)13-7)10(15)16-11(3,4)5/h6,12H2,1-5H3. The Kier molecular flexibility index (Phi) is 3.38. The number of ether oxygens (including phenoxy) is 1. The Hall–Kier alpha value is -1.36. The number of carbonyl (C=O) groups is 1. The largest absolute Gasteiger partial charge is 0.443 e. The number of nitrogens with zero attached hydrogens (tertiary/aromatic N) is 2. The molecule has 0 aromatic carbocycles. The van der Waals surface area contributed by atoms with Gasteiger partial charge in [0.1, 0.15) is 11.4 Å². The summed E-state index contributed by atoms with van der Waals surface area (Å²) in [6.07, 6.45) is -0.425. The van der Waals surface area contributed by atoms with E-state index in [1.807, 2.05) is 27.7 Å². The van der Waals surface area contributed by atoms with Crippen LogP contribution in [0.1, 0.15) is 38.0 Å². The highest BCUT2D eigenvalue weighted by atomic mass is 16.6. The SMILES string of the molecule is Cc1nc(C)n(C(=O)OC(C)(C)C)c1CN. The predicted octanol–water partition coefficient (Wildman–Crippen LogP) is 1.74. The zero-order valence-electron chi connectivity index (χ0n) is 10.5.